The lowest BCUT2D eigenvalue weighted by molar-refractivity contribution is 0.0763. The number of hydrogen-bond donors (Lipinski definition) is 0. The first-order chi connectivity index (χ1) is 11.3. The number of carbonyl (C=O) groups is 1. The van der Waals surface area contributed by atoms with Gasteiger partial charge in [0.2, 0.25) is 0 Å². The van der Waals surface area contributed by atoms with Crippen molar-refractivity contribution in [3.05, 3.63) is 40.0 Å². The van der Waals surface area contributed by atoms with Crippen LogP contribution in [0.15, 0.2) is 23.2 Å². The Bertz CT molecular complexity index is 695. The topological polar surface area (TPSA) is 49.3 Å². The molecule has 1 amide bonds. The second-order valence-electron chi connectivity index (χ2n) is 6.12. The molecule has 2 aliphatic heterocycles. The van der Waals surface area contributed by atoms with Crippen molar-refractivity contribution in [1.29, 1.82) is 0 Å². The predicted molar refractivity (Wildman–Crippen MR) is 91.1 cm³/mol. The lowest BCUT2D eigenvalue weighted by atomic mass is 10.1. The molecule has 0 radical (unpaired) electrons. The van der Waals surface area contributed by atoms with E-state index in [0.717, 1.165) is 56.1 Å². The number of hydrogen-bond acceptors (Lipinski definition) is 5. The van der Waals surface area contributed by atoms with Crippen molar-refractivity contribution in [1.82, 2.24) is 14.9 Å². The first-order valence-electron chi connectivity index (χ1n) is 8.22. The van der Waals surface area contributed by atoms with Gasteiger partial charge in [-0.15, -0.1) is 0 Å². The Morgan fingerprint density at radius 3 is 2.70 bits per heavy atom. The standard InChI is InChI=1S/C17H20N4OS/c22-17(13-5-10-23-11-13)21-8-3-14-15(4-9-21)18-12-19-16(14)20-6-1-2-7-20/h5,10-12H,1-4,6-9H2. The fourth-order valence-electron chi connectivity index (χ4n) is 3.48. The summed E-state index contributed by atoms with van der Waals surface area (Å²) in [6, 6.07) is 1.90. The molecule has 4 heterocycles. The van der Waals surface area contributed by atoms with Crippen molar-refractivity contribution in [2.45, 2.75) is 25.7 Å². The maximum atomic E-state index is 12.6. The van der Waals surface area contributed by atoms with Crippen LogP contribution < -0.4 is 4.90 Å². The number of fused-ring (bicyclic) bond motifs is 1. The lowest BCUT2D eigenvalue weighted by Crippen LogP contribution is -2.33. The monoisotopic (exact) mass is 328 g/mol. The van der Waals surface area contributed by atoms with Gasteiger partial charge in [0.1, 0.15) is 12.1 Å². The van der Waals surface area contributed by atoms with Gasteiger partial charge in [-0.3, -0.25) is 4.79 Å². The number of nitrogens with zero attached hydrogens (tertiary/aromatic N) is 4. The summed E-state index contributed by atoms with van der Waals surface area (Å²) < 4.78 is 0. The summed E-state index contributed by atoms with van der Waals surface area (Å²) in [5.41, 5.74) is 3.16. The second kappa shape index (κ2) is 6.28. The van der Waals surface area contributed by atoms with Crippen LogP contribution in [0.4, 0.5) is 5.82 Å². The second-order valence-corrected chi connectivity index (χ2v) is 6.90. The molecule has 0 bridgehead atoms. The molecule has 23 heavy (non-hydrogen) atoms. The van der Waals surface area contributed by atoms with E-state index in [1.807, 2.05) is 21.7 Å². The number of aromatic nitrogens is 2. The van der Waals surface area contributed by atoms with Crippen LogP contribution in [0.25, 0.3) is 0 Å². The van der Waals surface area contributed by atoms with Crippen molar-refractivity contribution in [3.8, 4) is 0 Å². The Morgan fingerprint density at radius 2 is 1.91 bits per heavy atom. The number of amides is 1. The van der Waals surface area contributed by atoms with Gasteiger partial charge in [0.25, 0.3) is 5.91 Å². The van der Waals surface area contributed by atoms with Gasteiger partial charge in [-0.1, -0.05) is 0 Å². The fraction of sp³-hybridized carbons (Fsp3) is 0.471. The minimum atomic E-state index is 0.134. The third-order valence-electron chi connectivity index (χ3n) is 4.72. The molecule has 120 valence electrons. The van der Waals surface area contributed by atoms with E-state index in [0.29, 0.717) is 0 Å². The molecule has 1 fully saturated rings. The van der Waals surface area contributed by atoms with E-state index in [4.69, 9.17) is 0 Å². The van der Waals surface area contributed by atoms with Crippen molar-refractivity contribution in [2.75, 3.05) is 31.1 Å². The molecule has 0 atom stereocenters. The molecule has 0 N–H and O–H groups in total. The van der Waals surface area contributed by atoms with Gasteiger partial charge >= 0.3 is 0 Å². The fourth-order valence-corrected chi connectivity index (χ4v) is 4.11. The zero-order valence-corrected chi connectivity index (χ0v) is 13.9. The highest BCUT2D eigenvalue weighted by molar-refractivity contribution is 7.08. The van der Waals surface area contributed by atoms with Crippen LogP contribution in [0.5, 0.6) is 0 Å². The SMILES string of the molecule is O=C(c1ccsc1)N1CCc2ncnc(N3CCCC3)c2CC1. The Kier molecular flexibility index (Phi) is 3.99. The molecule has 0 spiro atoms. The van der Waals surface area contributed by atoms with Crippen LogP contribution >= 0.6 is 11.3 Å². The number of thiophene rings is 1. The van der Waals surface area contributed by atoms with E-state index in [-0.39, 0.29) is 5.91 Å². The summed E-state index contributed by atoms with van der Waals surface area (Å²) in [5.74, 6) is 1.23. The van der Waals surface area contributed by atoms with E-state index < -0.39 is 0 Å². The van der Waals surface area contributed by atoms with Crippen molar-refractivity contribution < 1.29 is 4.79 Å². The molecule has 2 aromatic rings. The van der Waals surface area contributed by atoms with Gasteiger partial charge in [-0.05, 0) is 30.7 Å². The minimum Gasteiger partial charge on any atom is -0.356 e. The summed E-state index contributed by atoms with van der Waals surface area (Å²) in [4.78, 5) is 26.0. The van der Waals surface area contributed by atoms with Crippen molar-refractivity contribution in [3.63, 3.8) is 0 Å². The van der Waals surface area contributed by atoms with E-state index in [1.165, 1.54) is 18.4 Å². The van der Waals surface area contributed by atoms with E-state index in [2.05, 4.69) is 14.9 Å². The zero-order chi connectivity index (χ0) is 15.6. The number of carbonyl (C=O) groups excluding carboxylic acids is 1. The number of rotatable bonds is 2. The van der Waals surface area contributed by atoms with E-state index in [1.54, 1.807) is 17.7 Å². The molecule has 0 unspecified atom stereocenters. The summed E-state index contributed by atoms with van der Waals surface area (Å²) in [6.45, 7) is 3.65. The van der Waals surface area contributed by atoms with Crippen LogP contribution in [-0.4, -0.2) is 47.0 Å². The van der Waals surface area contributed by atoms with Crippen LogP contribution in [0.2, 0.25) is 0 Å². The minimum absolute atomic E-state index is 0.134. The average molecular weight is 328 g/mol. The number of anilines is 1. The van der Waals surface area contributed by atoms with Crippen LogP contribution in [0.3, 0.4) is 0 Å². The van der Waals surface area contributed by atoms with Crippen LogP contribution in [-0.2, 0) is 12.8 Å². The molecule has 0 aliphatic carbocycles. The summed E-state index contributed by atoms with van der Waals surface area (Å²) in [7, 11) is 0. The summed E-state index contributed by atoms with van der Waals surface area (Å²) in [6.07, 6.45) is 5.82. The summed E-state index contributed by atoms with van der Waals surface area (Å²) in [5, 5.41) is 3.88. The van der Waals surface area contributed by atoms with Crippen LogP contribution in [0.1, 0.15) is 34.5 Å². The lowest BCUT2D eigenvalue weighted by Gasteiger charge is -2.21. The van der Waals surface area contributed by atoms with E-state index in [9.17, 15) is 4.79 Å². The molecule has 2 aromatic heterocycles. The molecule has 4 rings (SSSR count). The quantitative estimate of drug-likeness (QED) is 0.849. The average Bonchev–Trinajstić information content (AvgIpc) is 3.24. The Balaban J connectivity index is 1.56. The van der Waals surface area contributed by atoms with Gasteiger partial charge < -0.3 is 9.80 Å². The molecular formula is C17H20N4OS. The van der Waals surface area contributed by atoms with E-state index >= 15 is 0 Å². The van der Waals surface area contributed by atoms with Gasteiger partial charge in [0.15, 0.2) is 0 Å². The van der Waals surface area contributed by atoms with Crippen molar-refractivity contribution in [2.24, 2.45) is 0 Å². The summed E-state index contributed by atoms with van der Waals surface area (Å²) >= 11 is 1.57. The molecule has 0 aromatic carbocycles. The highest BCUT2D eigenvalue weighted by Gasteiger charge is 2.25. The van der Waals surface area contributed by atoms with Gasteiger partial charge in [0, 0.05) is 43.5 Å². The largest absolute Gasteiger partial charge is 0.356 e. The first-order valence-corrected chi connectivity index (χ1v) is 9.16. The maximum Gasteiger partial charge on any atom is 0.254 e. The molecular weight excluding hydrogens is 308 g/mol. The predicted octanol–water partition coefficient (Wildman–Crippen LogP) is 2.38. The Labute approximate surface area is 140 Å². The van der Waals surface area contributed by atoms with Crippen LogP contribution in [0, 0.1) is 0 Å². The highest BCUT2D eigenvalue weighted by Crippen LogP contribution is 2.26. The molecule has 2 aliphatic rings. The van der Waals surface area contributed by atoms with Gasteiger partial charge in [-0.25, -0.2) is 9.97 Å². The van der Waals surface area contributed by atoms with Gasteiger partial charge in [-0.2, -0.15) is 11.3 Å². The smallest absolute Gasteiger partial charge is 0.254 e. The Hall–Kier alpha value is -1.95. The normalized spacial score (nSPS) is 17.9. The highest BCUT2D eigenvalue weighted by atomic mass is 32.1. The third-order valence-corrected chi connectivity index (χ3v) is 5.41. The first kappa shape index (κ1) is 14.6. The zero-order valence-electron chi connectivity index (χ0n) is 13.1. The Morgan fingerprint density at radius 1 is 1.09 bits per heavy atom. The molecule has 0 saturated carbocycles. The van der Waals surface area contributed by atoms with Gasteiger partial charge in [0.05, 0.1) is 11.3 Å². The maximum absolute atomic E-state index is 12.6. The molecule has 6 heteroatoms. The third kappa shape index (κ3) is 2.83. The molecule has 5 nitrogen and oxygen atoms in total. The van der Waals surface area contributed by atoms with Crippen molar-refractivity contribution >= 4 is 23.1 Å². The molecule has 1 saturated heterocycles.